The molecule has 1 aromatic rings. The number of benzene rings is 1. The highest BCUT2D eigenvalue weighted by Crippen LogP contribution is 2.25. The lowest BCUT2D eigenvalue weighted by molar-refractivity contribution is -0.120. The maximum Gasteiger partial charge on any atom is 0.253 e. The van der Waals surface area contributed by atoms with Crippen LogP contribution in [0.2, 0.25) is 0 Å². The largest absolute Gasteiger partial charge is 0.496 e. The Morgan fingerprint density at radius 1 is 1.42 bits per heavy atom. The zero-order valence-electron chi connectivity index (χ0n) is 11.2. The first-order valence-electron chi connectivity index (χ1n) is 5.79. The van der Waals surface area contributed by atoms with Gasteiger partial charge in [-0.3, -0.25) is 9.59 Å². The van der Waals surface area contributed by atoms with Crippen LogP contribution in [-0.2, 0) is 4.79 Å². The zero-order chi connectivity index (χ0) is 14.4. The van der Waals surface area contributed by atoms with Crippen LogP contribution in [0, 0.1) is 0 Å². The Morgan fingerprint density at radius 3 is 2.63 bits per heavy atom. The summed E-state index contributed by atoms with van der Waals surface area (Å²) >= 11 is 3.34. The predicted octanol–water partition coefficient (Wildman–Crippen LogP) is 1.67. The fourth-order valence-corrected chi connectivity index (χ4v) is 2.06. The number of carbonyl (C=O) groups is 2. The number of carbonyl (C=O) groups excluding carboxylic acids is 2. The Bertz CT molecular complexity index is 477. The summed E-state index contributed by atoms with van der Waals surface area (Å²) in [6, 6.07) is 5.13. The molecule has 0 aliphatic heterocycles. The van der Waals surface area contributed by atoms with Crippen LogP contribution in [0.3, 0.4) is 0 Å². The Morgan fingerprint density at radius 2 is 2.11 bits per heavy atom. The third-order valence-electron chi connectivity index (χ3n) is 2.70. The van der Waals surface area contributed by atoms with Gasteiger partial charge in [-0.25, -0.2) is 0 Å². The van der Waals surface area contributed by atoms with Crippen molar-refractivity contribution in [3.63, 3.8) is 0 Å². The van der Waals surface area contributed by atoms with Crippen LogP contribution >= 0.6 is 15.9 Å². The Balaban J connectivity index is 2.71. The van der Waals surface area contributed by atoms with Crippen molar-refractivity contribution in [2.45, 2.75) is 6.42 Å². The van der Waals surface area contributed by atoms with Gasteiger partial charge in [-0.1, -0.05) is 0 Å². The summed E-state index contributed by atoms with van der Waals surface area (Å²) in [5, 5.41) is 2.52. The molecule has 0 bridgehead atoms. The number of halogens is 1. The highest BCUT2D eigenvalue weighted by atomic mass is 79.9. The van der Waals surface area contributed by atoms with E-state index in [0.717, 1.165) is 4.47 Å². The molecule has 0 atom stereocenters. The van der Waals surface area contributed by atoms with Gasteiger partial charge in [-0.05, 0) is 34.1 Å². The number of rotatable bonds is 5. The van der Waals surface area contributed by atoms with Crippen LogP contribution in [0.5, 0.6) is 5.75 Å². The van der Waals surface area contributed by atoms with Crippen molar-refractivity contribution in [3.8, 4) is 5.75 Å². The lowest BCUT2D eigenvalue weighted by atomic mass is 10.2. The van der Waals surface area contributed by atoms with Gasteiger partial charge in [0.15, 0.2) is 0 Å². The fourth-order valence-electron chi connectivity index (χ4n) is 1.52. The SMILES string of the molecule is CNC(=O)CCN(C)C(=O)c1ccc(OC)c(Br)c1. The van der Waals surface area contributed by atoms with E-state index >= 15 is 0 Å². The molecule has 6 heteroatoms. The average molecular weight is 329 g/mol. The van der Waals surface area contributed by atoms with Gasteiger partial charge in [-0.15, -0.1) is 0 Å². The highest BCUT2D eigenvalue weighted by molar-refractivity contribution is 9.10. The van der Waals surface area contributed by atoms with Crippen LogP contribution in [0.1, 0.15) is 16.8 Å². The van der Waals surface area contributed by atoms with Gasteiger partial charge >= 0.3 is 0 Å². The molecule has 1 rings (SSSR count). The van der Waals surface area contributed by atoms with Crippen molar-refractivity contribution < 1.29 is 14.3 Å². The molecule has 0 spiro atoms. The standard InChI is InChI=1S/C13H17BrN2O3/c1-15-12(17)6-7-16(2)13(18)9-4-5-11(19-3)10(14)8-9/h4-5,8H,6-7H2,1-3H3,(H,15,17). The molecule has 1 N–H and O–H groups in total. The van der Waals surface area contributed by atoms with Crippen molar-refractivity contribution in [2.24, 2.45) is 0 Å². The highest BCUT2D eigenvalue weighted by Gasteiger charge is 2.14. The van der Waals surface area contributed by atoms with Crippen molar-refractivity contribution >= 4 is 27.7 Å². The normalized spacial score (nSPS) is 9.89. The molecular formula is C13H17BrN2O3. The second kappa shape index (κ2) is 7.13. The van der Waals surface area contributed by atoms with E-state index in [1.807, 2.05) is 0 Å². The Labute approximate surface area is 121 Å². The van der Waals surface area contributed by atoms with Gasteiger partial charge in [0.05, 0.1) is 11.6 Å². The third kappa shape index (κ3) is 4.24. The minimum absolute atomic E-state index is 0.0874. The number of nitrogens with zero attached hydrogens (tertiary/aromatic N) is 1. The first kappa shape index (κ1) is 15.5. The first-order valence-corrected chi connectivity index (χ1v) is 6.58. The molecule has 5 nitrogen and oxygen atoms in total. The van der Waals surface area contributed by atoms with E-state index in [1.54, 1.807) is 39.4 Å². The molecule has 0 aliphatic carbocycles. The molecule has 19 heavy (non-hydrogen) atoms. The molecule has 104 valence electrons. The smallest absolute Gasteiger partial charge is 0.253 e. The molecule has 0 fully saturated rings. The lowest BCUT2D eigenvalue weighted by Crippen LogP contribution is -2.31. The van der Waals surface area contributed by atoms with Crippen LogP contribution in [0.25, 0.3) is 0 Å². The first-order chi connectivity index (χ1) is 8.99. The van der Waals surface area contributed by atoms with Gasteiger partial charge < -0.3 is 15.0 Å². The van der Waals surface area contributed by atoms with E-state index in [4.69, 9.17) is 4.74 Å². The summed E-state index contributed by atoms with van der Waals surface area (Å²) in [5.41, 5.74) is 0.548. The van der Waals surface area contributed by atoms with E-state index in [1.165, 1.54) is 4.90 Å². The number of amides is 2. The lowest BCUT2D eigenvalue weighted by Gasteiger charge is -2.17. The zero-order valence-corrected chi connectivity index (χ0v) is 12.8. The van der Waals surface area contributed by atoms with Crippen molar-refractivity contribution in [1.29, 1.82) is 0 Å². The molecule has 0 saturated carbocycles. The monoisotopic (exact) mass is 328 g/mol. The van der Waals surface area contributed by atoms with E-state index < -0.39 is 0 Å². The molecule has 1 aromatic carbocycles. The number of methoxy groups -OCH3 is 1. The average Bonchev–Trinajstić information content (AvgIpc) is 2.43. The molecule has 2 amide bonds. The molecule has 0 aliphatic rings. The minimum atomic E-state index is -0.132. The van der Waals surface area contributed by atoms with E-state index in [0.29, 0.717) is 17.9 Å². The maximum atomic E-state index is 12.1. The van der Waals surface area contributed by atoms with E-state index in [9.17, 15) is 9.59 Å². The number of hydrogen-bond acceptors (Lipinski definition) is 3. The second-order valence-electron chi connectivity index (χ2n) is 4.00. The van der Waals surface area contributed by atoms with Crippen LogP contribution in [-0.4, -0.2) is 44.5 Å². The van der Waals surface area contributed by atoms with Gasteiger partial charge in [0.2, 0.25) is 5.91 Å². The topological polar surface area (TPSA) is 58.6 Å². The van der Waals surface area contributed by atoms with Crippen LogP contribution < -0.4 is 10.1 Å². The molecule has 0 unspecified atom stereocenters. The molecule has 0 heterocycles. The van der Waals surface area contributed by atoms with E-state index in [2.05, 4.69) is 21.2 Å². The Kier molecular flexibility index (Phi) is 5.82. The summed E-state index contributed by atoms with van der Waals surface area (Å²) < 4.78 is 5.83. The molecular weight excluding hydrogens is 312 g/mol. The van der Waals surface area contributed by atoms with Crippen LogP contribution in [0.4, 0.5) is 0 Å². The van der Waals surface area contributed by atoms with Gasteiger partial charge in [-0.2, -0.15) is 0 Å². The van der Waals surface area contributed by atoms with Crippen LogP contribution in [0.15, 0.2) is 22.7 Å². The quantitative estimate of drug-likeness (QED) is 0.894. The Hall–Kier alpha value is -1.56. The molecule has 0 saturated heterocycles. The van der Waals surface area contributed by atoms with Gasteiger partial charge in [0, 0.05) is 32.6 Å². The third-order valence-corrected chi connectivity index (χ3v) is 3.32. The summed E-state index contributed by atoms with van der Waals surface area (Å²) in [6.07, 6.45) is 0.288. The van der Waals surface area contributed by atoms with Gasteiger partial charge in [0.1, 0.15) is 5.75 Å². The van der Waals surface area contributed by atoms with Crippen molar-refractivity contribution in [1.82, 2.24) is 10.2 Å². The fraction of sp³-hybridized carbons (Fsp3) is 0.385. The van der Waals surface area contributed by atoms with Crippen molar-refractivity contribution in [3.05, 3.63) is 28.2 Å². The van der Waals surface area contributed by atoms with E-state index in [-0.39, 0.29) is 18.2 Å². The number of ether oxygens (including phenoxy) is 1. The molecule has 0 radical (unpaired) electrons. The summed E-state index contributed by atoms with van der Waals surface area (Å²) in [4.78, 5) is 24.8. The summed E-state index contributed by atoms with van der Waals surface area (Å²) in [5.74, 6) is 0.451. The number of hydrogen-bond donors (Lipinski definition) is 1. The second-order valence-corrected chi connectivity index (χ2v) is 4.85. The minimum Gasteiger partial charge on any atom is -0.496 e. The van der Waals surface area contributed by atoms with Crippen molar-refractivity contribution in [2.75, 3.05) is 27.7 Å². The summed E-state index contributed by atoms with van der Waals surface area (Å²) in [7, 11) is 4.81. The summed E-state index contributed by atoms with van der Waals surface area (Å²) in [6.45, 7) is 0.377. The molecule has 0 aromatic heterocycles. The van der Waals surface area contributed by atoms with Gasteiger partial charge in [0.25, 0.3) is 5.91 Å². The number of nitrogens with one attached hydrogen (secondary N) is 1. The predicted molar refractivity (Wildman–Crippen MR) is 76.3 cm³/mol. The maximum absolute atomic E-state index is 12.1.